The number of rotatable bonds is 5. The summed E-state index contributed by atoms with van der Waals surface area (Å²) < 4.78 is 0.997. The summed E-state index contributed by atoms with van der Waals surface area (Å²) in [4.78, 5) is 0. The molecule has 3 aromatic rings. The predicted molar refractivity (Wildman–Crippen MR) is 106 cm³/mol. The first-order valence-corrected chi connectivity index (χ1v) is 8.70. The van der Waals surface area contributed by atoms with Crippen LogP contribution in [-0.2, 0) is 6.42 Å². The van der Waals surface area contributed by atoms with Crippen LogP contribution in [0.2, 0.25) is 0 Å². The topological polar surface area (TPSA) is 24.4 Å². The summed E-state index contributed by atoms with van der Waals surface area (Å²) in [7, 11) is 0. The molecule has 0 aromatic heterocycles. The zero-order valence-electron chi connectivity index (χ0n) is 13.5. The lowest BCUT2D eigenvalue weighted by atomic mass is 10.0. The first-order chi connectivity index (χ1) is 11.7. The van der Waals surface area contributed by atoms with Crippen molar-refractivity contribution >= 4 is 27.3 Å². The smallest absolute Gasteiger partial charge is 0.0723 e. The van der Waals surface area contributed by atoms with Crippen LogP contribution >= 0.6 is 15.9 Å². The van der Waals surface area contributed by atoms with Gasteiger partial charge < -0.3 is 0 Å². The molecule has 0 saturated carbocycles. The molecule has 0 amide bonds. The maximum absolute atomic E-state index is 4.69. The van der Waals surface area contributed by atoms with Crippen LogP contribution in [0.1, 0.15) is 16.7 Å². The van der Waals surface area contributed by atoms with E-state index < -0.39 is 0 Å². The van der Waals surface area contributed by atoms with Crippen molar-refractivity contribution in [3.8, 4) is 0 Å². The van der Waals surface area contributed by atoms with Crippen molar-refractivity contribution in [2.75, 3.05) is 5.43 Å². The molecule has 3 rings (SSSR count). The maximum Gasteiger partial charge on any atom is 0.0723 e. The molecule has 1 N–H and O–H groups in total. The largest absolute Gasteiger partial charge is 0.277 e. The minimum absolute atomic E-state index is 0.779. The third-order valence-electron chi connectivity index (χ3n) is 3.78. The van der Waals surface area contributed by atoms with E-state index in [-0.39, 0.29) is 0 Å². The third-order valence-corrected chi connectivity index (χ3v) is 4.48. The summed E-state index contributed by atoms with van der Waals surface area (Å²) in [5.74, 6) is 0. The Kier molecular flexibility index (Phi) is 5.44. The monoisotopic (exact) mass is 378 g/mol. The van der Waals surface area contributed by atoms with E-state index in [1.807, 2.05) is 30.3 Å². The fourth-order valence-electron chi connectivity index (χ4n) is 2.42. The Morgan fingerprint density at radius 2 is 1.54 bits per heavy atom. The van der Waals surface area contributed by atoms with Gasteiger partial charge in [0, 0.05) is 10.9 Å². The molecule has 0 aliphatic rings. The highest BCUT2D eigenvalue weighted by Crippen LogP contribution is 2.21. The summed E-state index contributed by atoms with van der Waals surface area (Å²) in [5.41, 5.74) is 8.77. The summed E-state index contributed by atoms with van der Waals surface area (Å²) >= 11 is 3.55. The lowest BCUT2D eigenvalue weighted by Gasteiger charge is -2.10. The number of aryl methyl sites for hydroxylation is 1. The Morgan fingerprint density at radius 1 is 0.875 bits per heavy atom. The molecule has 3 heteroatoms. The molecule has 0 unspecified atom stereocenters. The van der Waals surface area contributed by atoms with E-state index in [1.54, 1.807) is 0 Å². The van der Waals surface area contributed by atoms with Gasteiger partial charge in [-0.15, -0.1) is 0 Å². The van der Waals surface area contributed by atoms with E-state index in [1.165, 1.54) is 11.1 Å². The van der Waals surface area contributed by atoms with E-state index in [0.717, 1.165) is 27.9 Å². The minimum Gasteiger partial charge on any atom is -0.277 e. The molecule has 0 saturated heterocycles. The van der Waals surface area contributed by atoms with E-state index in [0.29, 0.717) is 0 Å². The normalized spacial score (nSPS) is 11.3. The Balaban J connectivity index is 1.90. The van der Waals surface area contributed by atoms with Gasteiger partial charge in [-0.25, -0.2) is 0 Å². The number of hydrogen-bond donors (Lipinski definition) is 1. The van der Waals surface area contributed by atoms with Gasteiger partial charge in [0.15, 0.2) is 0 Å². The second-order valence-electron chi connectivity index (χ2n) is 5.68. The van der Waals surface area contributed by atoms with Crippen LogP contribution in [-0.4, -0.2) is 5.71 Å². The highest BCUT2D eigenvalue weighted by Gasteiger charge is 2.06. The predicted octanol–water partition coefficient (Wildman–Crippen LogP) is 5.82. The number of anilines is 1. The first-order valence-electron chi connectivity index (χ1n) is 7.90. The van der Waals surface area contributed by atoms with Gasteiger partial charge in [-0.3, -0.25) is 5.43 Å². The van der Waals surface area contributed by atoms with Gasteiger partial charge in [0.2, 0.25) is 0 Å². The van der Waals surface area contributed by atoms with E-state index in [2.05, 4.69) is 81.9 Å². The molecule has 0 bridgehead atoms. The minimum atomic E-state index is 0.779. The molecule has 24 heavy (non-hydrogen) atoms. The molecule has 0 aliphatic carbocycles. The molecule has 0 aliphatic heterocycles. The summed E-state index contributed by atoms with van der Waals surface area (Å²) in [6.07, 6.45) is 0.779. The third kappa shape index (κ3) is 4.33. The number of halogens is 1. The van der Waals surface area contributed by atoms with Gasteiger partial charge in [0.1, 0.15) is 0 Å². The zero-order valence-corrected chi connectivity index (χ0v) is 15.1. The van der Waals surface area contributed by atoms with Gasteiger partial charge in [-0.1, -0.05) is 72.3 Å². The van der Waals surface area contributed by atoms with E-state index >= 15 is 0 Å². The van der Waals surface area contributed by atoms with Crippen LogP contribution in [0.5, 0.6) is 0 Å². The standard InChI is InChI=1S/C21H19BrN2/c1-16-11-13-18(14-12-16)21(15-17-7-3-2-4-8-17)24-23-20-10-6-5-9-19(20)22/h2-14,23H,15H2,1H3/b24-21+. The van der Waals surface area contributed by atoms with Crippen molar-refractivity contribution in [2.45, 2.75) is 13.3 Å². The molecular weight excluding hydrogens is 360 g/mol. The van der Waals surface area contributed by atoms with Crippen molar-refractivity contribution in [1.82, 2.24) is 0 Å². The van der Waals surface area contributed by atoms with Gasteiger partial charge in [-0.2, -0.15) is 5.10 Å². The van der Waals surface area contributed by atoms with E-state index in [9.17, 15) is 0 Å². The van der Waals surface area contributed by atoms with Crippen molar-refractivity contribution < 1.29 is 0 Å². The molecular formula is C21H19BrN2. The van der Waals surface area contributed by atoms with Gasteiger partial charge in [0.25, 0.3) is 0 Å². The Morgan fingerprint density at radius 3 is 2.25 bits per heavy atom. The fraction of sp³-hybridized carbons (Fsp3) is 0.0952. The van der Waals surface area contributed by atoms with Crippen LogP contribution in [0.15, 0.2) is 88.4 Å². The van der Waals surface area contributed by atoms with Crippen LogP contribution in [0.25, 0.3) is 0 Å². The van der Waals surface area contributed by atoms with Gasteiger partial charge in [0.05, 0.1) is 11.4 Å². The Labute approximate surface area is 151 Å². The van der Waals surface area contributed by atoms with Crippen LogP contribution < -0.4 is 5.43 Å². The summed E-state index contributed by atoms with van der Waals surface area (Å²) in [6, 6.07) is 26.9. The highest BCUT2D eigenvalue weighted by atomic mass is 79.9. The number of nitrogens with one attached hydrogen (secondary N) is 1. The van der Waals surface area contributed by atoms with Crippen LogP contribution in [0, 0.1) is 6.92 Å². The Hall–Kier alpha value is -2.39. The molecule has 0 fully saturated rings. The molecule has 120 valence electrons. The van der Waals surface area contributed by atoms with Crippen molar-refractivity contribution in [3.63, 3.8) is 0 Å². The van der Waals surface area contributed by atoms with Gasteiger partial charge >= 0.3 is 0 Å². The molecule has 2 nitrogen and oxygen atoms in total. The lowest BCUT2D eigenvalue weighted by Crippen LogP contribution is -2.08. The summed E-state index contributed by atoms with van der Waals surface area (Å²) in [6.45, 7) is 2.09. The second-order valence-corrected chi connectivity index (χ2v) is 6.53. The zero-order chi connectivity index (χ0) is 16.8. The molecule has 0 radical (unpaired) electrons. The van der Waals surface area contributed by atoms with E-state index in [4.69, 9.17) is 0 Å². The number of hydrogen-bond acceptors (Lipinski definition) is 2. The number of hydrazone groups is 1. The number of benzene rings is 3. The SMILES string of the molecule is Cc1ccc(/C(Cc2ccccc2)=N/Nc2ccccc2Br)cc1. The van der Waals surface area contributed by atoms with Gasteiger partial charge in [-0.05, 0) is 46.1 Å². The van der Waals surface area contributed by atoms with Crippen molar-refractivity contribution in [2.24, 2.45) is 5.10 Å². The molecule has 3 aromatic carbocycles. The first kappa shape index (κ1) is 16.5. The summed E-state index contributed by atoms with van der Waals surface area (Å²) in [5, 5.41) is 4.69. The second kappa shape index (κ2) is 7.93. The Bertz CT molecular complexity index is 824. The molecule has 0 heterocycles. The lowest BCUT2D eigenvalue weighted by molar-refractivity contribution is 1.24. The van der Waals surface area contributed by atoms with Crippen molar-refractivity contribution in [1.29, 1.82) is 0 Å². The maximum atomic E-state index is 4.69. The fourth-order valence-corrected chi connectivity index (χ4v) is 2.79. The number of nitrogens with zero attached hydrogens (tertiary/aromatic N) is 1. The van der Waals surface area contributed by atoms with Crippen LogP contribution in [0.3, 0.4) is 0 Å². The average molecular weight is 379 g/mol. The quantitative estimate of drug-likeness (QED) is 0.439. The molecule has 0 spiro atoms. The number of para-hydroxylation sites is 1. The average Bonchev–Trinajstić information content (AvgIpc) is 2.61. The van der Waals surface area contributed by atoms with Crippen molar-refractivity contribution in [3.05, 3.63) is 100 Å². The molecule has 0 atom stereocenters. The van der Waals surface area contributed by atoms with Crippen LogP contribution in [0.4, 0.5) is 5.69 Å². The highest BCUT2D eigenvalue weighted by molar-refractivity contribution is 9.10.